The third-order valence-corrected chi connectivity index (χ3v) is 4.30. The van der Waals surface area contributed by atoms with Crippen molar-refractivity contribution in [3.05, 3.63) is 49.1 Å². The van der Waals surface area contributed by atoms with Crippen LogP contribution in [0.5, 0.6) is 5.75 Å². The predicted octanol–water partition coefficient (Wildman–Crippen LogP) is 3.37. The molecule has 0 bridgehead atoms. The van der Waals surface area contributed by atoms with Crippen LogP contribution in [0.2, 0.25) is 0 Å². The minimum Gasteiger partial charge on any atom is -0.495 e. The largest absolute Gasteiger partial charge is 0.495 e. The van der Waals surface area contributed by atoms with Crippen LogP contribution in [0.4, 0.5) is 15.9 Å². The maximum Gasteiger partial charge on any atom is 0.345 e. The average Bonchev–Trinajstić information content (AvgIpc) is 2.57. The predicted molar refractivity (Wildman–Crippen MR) is 101 cm³/mol. The zero-order valence-electron chi connectivity index (χ0n) is 14.3. The molecule has 0 saturated carbocycles. The van der Waals surface area contributed by atoms with Crippen LogP contribution >= 0.6 is 22.6 Å². The monoisotopic (exact) mass is 460 g/mol. The molecule has 1 aromatic carbocycles. The molecular weight excluding hydrogens is 442 g/mol. The standard InChI is InChI=1S/C17H18FIN2O4/c1-5-25-17(23)13-14(24-4)9(2)16(22)21(3)15(13)20-12-7-6-10(19)8-11(12)18/h6-8,20H,5H2,1-4H3. The van der Waals surface area contributed by atoms with Crippen LogP contribution in [0, 0.1) is 16.3 Å². The summed E-state index contributed by atoms with van der Waals surface area (Å²) in [4.78, 5) is 24.9. The summed E-state index contributed by atoms with van der Waals surface area (Å²) in [6.45, 7) is 3.38. The van der Waals surface area contributed by atoms with E-state index >= 15 is 0 Å². The number of methoxy groups -OCH3 is 1. The molecule has 0 unspecified atom stereocenters. The van der Waals surface area contributed by atoms with Gasteiger partial charge in [-0.25, -0.2) is 9.18 Å². The van der Waals surface area contributed by atoms with E-state index in [2.05, 4.69) is 5.32 Å². The number of esters is 1. The Balaban J connectivity index is 2.72. The number of nitrogens with one attached hydrogen (secondary N) is 1. The average molecular weight is 460 g/mol. The van der Waals surface area contributed by atoms with Crippen LogP contribution in [-0.2, 0) is 11.8 Å². The van der Waals surface area contributed by atoms with E-state index in [1.165, 1.54) is 30.9 Å². The van der Waals surface area contributed by atoms with Crippen molar-refractivity contribution in [3.63, 3.8) is 0 Å². The molecule has 0 atom stereocenters. The highest BCUT2D eigenvalue weighted by Crippen LogP contribution is 2.31. The number of carbonyl (C=O) groups excluding carboxylic acids is 1. The van der Waals surface area contributed by atoms with Gasteiger partial charge >= 0.3 is 5.97 Å². The Hall–Kier alpha value is -2.10. The maximum atomic E-state index is 14.2. The molecule has 0 aliphatic rings. The van der Waals surface area contributed by atoms with Crippen molar-refractivity contribution in [2.75, 3.05) is 19.0 Å². The molecule has 0 spiro atoms. The summed E-state index contributed by atoms with van der Waals surface area (Å²) in [5.41, 5.74) is 0.0776. The van der Waals surface area contributed by atoms with E-state index in [0.29, 0.717) is 0 Å². The second kappa shape index (κ2) is 7.85. The second-order valence-electron chi connectivity index (χ2n) is 5.22. The molecule has 1 aromatic heterocycles. The fraction of sp³-hybridized carbons (Fsp3) is 0.294. The van der Waals surface area contributed by atoms with Gasteiger partial charge in [-0.05, 0) is 54.6 Å². The summed E-state index contributed by atoms with van der Waals surface area (Å²) in [5, 5.41) is 2.82. The lowest BCUT2D eigenvalue weighted by Gasteiger charge is -2.19. The number of hydrogen-bond acceptors (Lipinski definition) is 5. The minimum atomic E-state index is -0.661. The van der Waals surface area contributed by atoms with Gasteiger partial charge in [0.2, 0.25) is 0 Å². The number of rotatable bonds is 5. The minimum absolute atomic E-state index is 0.0434. The van der Waals surface area contributed by atoms with Crippen LogP contribution in [0.15, 0.2) is 23.0 Å². The van der Waals surface area contributed by atoms with Gasteiger partial charge in [-0.1, -0.05) is 0 Å². The Morgan fingerprint density at radius 3 is 2.64 bits per heavy atom. The van der Waals surface area contributed by atoms with Crippen molar-refractivity contribution in [1.29, 1.82) is 0 Å². The van der Waals surface area contributed by atoms with E-state index < -0.39 is 11.8 Å². The zero-order valence-corrected chi connectivity index (χ0v) is 16.4. The fourth-order valence-electron chi connectivity index (χ4n) is 2.43. The lowest BCUT2D eigenvalue weighted by atomic mass is 10.1. The molecule has 0 aliphatic carbocycles. The highest BCUT2D eigenvalue weighted by atomic mass is 127. The van der Waals surface area contributed by atoms with Gasteiger partial charge in [0.05, 0.1) is 25.0 Å². The van der Waals surface area contributed by atoms with Gasteiger partial charge in [-0.2, -0.15) is 0 Å². The molecular formula is C17H18FIN2O4. The number of anilines is 2. The lowest BCUT2D eigenvalue weighted by Crippen LogP contribution is -2.26. The summed E-state index contributed by atoms with van der Waals surface area (Å²) in [7, 11) is 2.85. The van der Waals surface area contributed by atoms with Crippen molar-refractivity contribution >= 4 is 40.1 Å². The van der Waals surface area contributed by atoms with Gasteiger partial charge in [-0.3, -0.25) is 9.36 Å². The van der Waals surface area contributed by atoms with Crippen LogP contribution in [0.25, 0.3) is 0 Å². The number of aromatic nitrogens is 1. The molecule has 1 heterocycles. The highest BCUT2D eigenvalue weighted by Gasteiger charge is 2.26. The number of nitrogens with zero attached hydrogens (tertiary/aromatic N) is 1. The Morgan fingerprint density at radius 2 is 2.08 bits per heavy atom. The molecule has 2 aromatic rings. The van der Waals surface area contributed by atoms with Crippen LogP contribution < -0.4 is 15.6 Å². The molecule has 0 amide bonds. The molecule has 25 heavy (non-hydrogen) atoms. The molecule has 0 aliphatic heterocycles. The number of hydrogen-bond donors (Lipinski definition) is 1. The molecule has 0 fully saturated rings. The van der Waals surface area contributed by atoms with E-state index in [0.717, 1.165) is 3.57 Å². The van der Waals surface area contributed by atoms with Crippen molar-refractivity contribution in [2.24, 2.45) is 7.05 Å². The van der Waals surface area contributed by atoms with Crippen LogP contribution in [-0.4, -0.2) is 24.3 Å². The quantitative estimate of drug-likeness (QED) is 0.548. The number of benzene rings is 1. The lowest BCUT2D eigenvalue weighted by molar-refractivity contribution is 0.0523. The van der Waals surface area contributed by atoms with E-state index in [4.69, 9.17) is 9.47 Å². The molecule has 6 nitrogen and oxygen atoms in total. The van der Waals surface area contributed by atoms with Crippen molar-refractivity contribution in [2.45, 2.75) is 13.8 Å². The van der Waals surface area contributed by atoms with Gasteiger partial charge in [0.25, 0.3) is 5.56 Å². The normalized spacial score (nSPS) is 10.5. The first-order chi connectivity index (χ1) is 11.8. The van der Waals surface area contributed by atoms with Crippen molar-refractivity contribution in [3.8, 4) is 5.75 Å². The Bertz CT molecular complexity index is 880. The zero-order chi connectivity index (χ0) is 18.7. The van der Waals surface area contributed by atoms with E-state index in [-0.39, 0.29) is 40.5 Å². The van der Waals surface area contributed by atoms with Gasteiger partial charge in [-0.15, -0.1) is 0 Å². The van der Waals surface area contributed by atoms with Gasteiger partial charge in [0, 0.05) is 10.6 Å². The fourth-order valence-corrected chi connectivity index (χ4v) is 2.88. The van der Waals surface area contributed by atoms with Gasteiger partial charge in [0.15, 0.2) is 0 Å². The first kappa shape index (κ1) is 19.2. The maximum absolute atomic E-state index is 14.2. The first-order valence-corrected chi connectivity index (χ1v) is 8.56. The summed E-state index contributed by atoms with van der Waals surface area (Å²) in [6, 6.07) is 4.58. The summed E-state index contributed by atoms with van der Waals surface area (Å²) in [6.07, 6.45) is 0. The van der Waals surface area contributed by atoms with E-state index in [9.17, 15) is 14.0 Å². The third-order valence-electron chi connectivity index (χ3n) is 3.63. The smallest absolute Gasteiger partial charge is 0.345 e. The number of pyridine rings is 1. The molecule has 8 heteroatoms. The van der Waals surface area contributed by atoms with Crippen molar-refractivity contribution in [1.82, 2.24) is 4.57 Å². The molecule has 134 valence electrons. The van der Waals surface area contributed by atoms with E-state index in [1.807, 2.05) is 22.6 Å². The Labute approximate surface area is 158 Å². The Kier molecular flexibility index (Phi) is 6.04. The topological polar surface area (TPSA) is 69.6 Å². The van der Waals surface area contributed by atoms with Crippen LogP contribution in [0.1, 0.15) is 22.8 Å². The molecule has 0 saturated heterocycles. The summed E-state index contributed by atoms with van der Waals surface area (Å²) in [5.74, 6) is -0.957. The molecule has 0 radical (unpaired) electrons. The van der Waals surface area contributed by atoms with Crippen LogP contribution in [0.3, 0.4) is 0 Å². The highest BCUT2D eigenvalue weighted by molar-refractivity contribution is 14.1. The number of carbonyl (C=O) groups is 1. The summed E-state index contributed by atoms with van der Waals surface area (Å²) >= 11 is 1.99. The van der Waals surface area contributed by atoms with E-state index in [1.54, 1.807) is 19.9 Å². The molecule has 1 N–H and O–H groups in total. The summed E-state index contributed by atoms with van der Waals surface area (Å²) < 4.78 is 26.5. The first-order valence-electron chi connectivity index (χ1n) is 7.48. The third kappa shape index (κ3) is 3.78. The Morgan fingerprint density at radius 1 is 1.40 bits per heavy atom. The van der Waals surface area contributed by atoms with Gasteiger partial charge < -0.3 is 14.8 Å². The number of halogens is 2. The molecule has 2 rings (SSSR count). The van der Waals surface area contributed by atoms with Crippen molar-refractivity contribution < 1.29 is 18.7 Å². The second-order valence-corrected chi connectivity index (χ2v) is 6.46. The number of ether oxygens (including phenoxy) is 2. The van der Waals surface area contributed by atoms with Gasteiger partial charge in [0.1, 0.15) is 22.9 Å². The SMILES string of the molecule is CCOC(=O)c1c(OC)c(C)c(=O)n(C)c1Nc1ccc(I)cc1F.